The molecule has 0 rings (SSSR count). The highest BCUT2D eigenvalue weighted by Gasteiger charge is 2.22. The van der Waals surface area contributed by atoms with Gasteiger partial charge in [0.2, 0.25) is 0 Å². The van der Waals surface area contributed by atoms with Gasteiger partial charge in [0.1, 0.15) is 0 Å². The molecule has 2 N–H and O–H groups in total. The van der Waals surface area contributed by atoms with Gasteiger partial charge in [0.15, 0.2) is 0 Å². The van der Waals surface area contributed by atoms with Gasteiger partial charge in [-0.15, -0.1) is 6.58 Å². The van der Waals surface area contributed by atoms with Gasteiger partial charge in [0.25, 0.3) is 0 Å². The van der Waals surface area contributed by atoms with E-state index in [0.717, 1.165) is 26.2 Å². The first-order valence-corrected chi connectivity index (χ1v) is 5.49. The lowest BCUT2D eigenvalue weighted by Crippen LogP contribution is -2.46. The van der Waals surface area contributed by atoms with Crippen molar-refractivity contribution in [1.29, 1.82) is 0 Å². The van der Waals surface area contributed by atoms with Gasteiger partial charge in [0, 0.05) is 32.8 Å². The summed E-state index contributed by atoms with van der Waals surface area (Å²) in [6.45, 7) is 13.7. The molecule has 0 aliphatic carbocycles. The summed E-state index contributed by atoms with van der Waals surface area (Å²) in [4.78, 5) is 2.27. The summed E-state index contributed by atoms with van der Waals surface area (Å²) in [5, 5.41) is 0. The average molecular weight is 214 g/mol. The van der Waals surface area contributed by atoms with Gasteiger partial charge in [0.05, 0.1) is 6.61 Å². The molecule has 3 heteroatoms. The first kappa shape index (κ1) is 14.6. The SMILES string of the molecule is C=CCN(CCOC)CC(N)C(C)(C)C. The van der Waals surface area contributed by atoms with Crippen molar-refractivity contribution in [2.75, 3.05) is 33.4 Å². The predicted molar refractivity (Wildman–Crippen MR) is 65.9 cm³/mol. The number of hydrogen-bond donors (Lipinski definition) is 1. The number of nitrogens with two attached hydrogens (primary N) is 1. The Bertz CT molecular complexity index is 175. The minimum absolute atomic E-state index is 0.145. The van der Waals surface area contributed by atoms with E-state index < -0.39 is 0 Å². The second-order valence-corrected chi connectivity index (χ2v) is 5.01. The molecule has 0 aromatic carbocycles. The highest BCUT2D eigenvalue weighted by molar-refractivity contribution is 4.83. The largest absolute Gasteiger partial charge is 0.383 e. The van der Waals surface area contributed by atoms with E-state index in [1.54, 1.807) is 7.11 Å². The van der Waals surface area contributed by atoms with Crippen molar-refractivity contribution in [2.24, 2.45) is 11.1 Å². The van der Waals surface area contributed by atoms with E-state index in [9.17, 15) is 0 Å². The van der Waals surface area contributed by atoms with Crippen LogP contribution in [0.1, 0.15) is 20.8 Å². The smallest absolute Gasteiger partial charge is 0.0589 e. The first-order chi connectivity index (χ1) is 6.91. The highest BCUT2D eigenvalue weighted by Crippen LogP contribution is 2.17. The monoisotopic (exact) mass is 214 g/mol. The molecule has 0 aromatic heterocycles. The fourth-order valence-electron chi connectivity index (χ4n) is 1.21. The number of nitrogens with zero attached hydrogens (tertiary/aromatic N) is 1. The maximum absolute atomic E-state index is 6.14. The number of methoxy groups -OCH3 is 1. The molecule has 0 spiro atoms. The van der Waals surface area contributed by atoms with Crippen molar-refractivity contribution in [3.05, 3.63) is 12.7 Å². The molecular weight excluding hydrogens is 188 g/mol. The molecule has 0 bridgehead atoms. The molecule has 90 valence electrons. The van der Waals surface area contributed by atoms with Crippen LogP contribution in [0.5, 0.6) is 0 Å². The predicted octanol–water partition coefficient (Wildman–Crippen LogP) is 1.49. The zero-order chi connectivity index (χ0) is 11.9. The molecule has 1 atom stereocenters. The second-order valence-electron chi connectivity index (χ2n) is 5.01. The van der Waals surface area contributed by atoms with Gasteiger partial charge in [-0.1, -0.05) is 26.8 Å². The molecule has 0 amide bonds. The van der Waals surface area contributed by atoms with Crippen LogP contribution in [-0.2, 0) is 4.74 Å². The third kappa shape index (κ3) is 6.66. The van der Waals surface area contributed by atoms with E-state index in [2.05, 4.69) is 32.3 Å². The average Bonchev–Trinajstić information content (AvgIpc) is 2.13. The van der Waals surface area contributed by atoms with Crippen LogP contribution in [0.3, 0.4) is 0 Å². The van der Waals surface area contributed by atoms with E-state index in [4.69, 9.17) is 10.5 Å². The van der Waals surface area contributed by atoms with Crippen LogP contribution in [0.25, 0.3) is 0 Å². The van der Waals surface area contributed by atoms with E-state index in [0.29, 0.717) is 0 Å². The fraction of sp³-hybridized carbons (Fsp3) is 0.833. The Labute approximate surface area is 94.3 Å². The summed E-state index contributed by atoms with van der Waals surface area (Å²) < 4.78 is 5.07. The van der Waals surface area contributed by atoms with Gasteiger partial charge in [-0.3, -0.25) is 4.90 Å². The molecule has 3 nitrogen and oxygen atoms in total. The second kappa shape index (κ2) is 6.99. The van der Waals surface area contributed by atoms with Crippen LogP contribution >= 0.6 is 0 Å². The Morgan fingerprint density at radius 1 is 1.47 bits per heavy atom. The molecular formula is C12H26N2O. The van der Waals surface area contributed by atoms with Crippen molar-refractivity contribution >= 4 is 0 Å². The summed E-state index contributed by atoms with van der Waals surface area (Å²) in [5.74, 6) is 0. The highest BCUT2D eigenvalue weighted by atomic mass is 16.5. The third-order valence-corrected chi connectivity index (χ3v) is 2.57. The molecule has 0 fully saturated rings. The van der Waals surface area contributed by atoms with E-state index >= 15 is 0 Å². The lowest BCUT2D eigenvalue weighted by atomic mass is 9.87. The fourth-order valence-corrected chi connectivity index (χ4v) is 1.21. The maximum atomic E-state index is 6.14. The Balaban J connectivity index is 4.08. The summed E-state index contributed by atoms with van der Waals surface area (Å²) in [5.41, 5.74) is 6.28. The maximum Gasteiger partial charge on any atom is 0.0589 e. The standard InChI is InChI=1S/C12H26N2O/c1-6-7-14(8-9-15-5)10-11(13)12(2,3)4/h6,11H,1,7-10,13H2,2-5H3. The van der Waals surface area contributed by atoms with Gasteiger partial charge in [-0.25, -0.2) is 0 Å². The summed E-state index contributed by atoms with van der Waals surface area (Å²) in [6.07, 6.45) is 1.91. The van der Waals surface area contributed by atoms with Gasteiger partial charge in [-0.2, -0.15) is 0 Å². The van der Waals surface area contributed by atoms with E-state index in [1.807, 2.05) is 6.08 Å². The minimum Gasteiger partial charge on any atom is -0.383 e. The van der Waals surface area contributed by atoms with Crippen molar-refractivity contribution in [3.8, 4) is 0 Å². The zero-order valence-corrected chi connectivity index (χ0v) is 10.6. The summed E-state index contributed by atoms with van der Waals surface area (Å²) in [6, 6.07) is 0.175. The summed E-state index contributed by atoms with van der Waals surface area (Å²) in [7, 11) is 1.72. The van der Waals surface area contributed by atoms with Crippen LogP contribution in [0.15, 0.2) is 12.7 Å². The van der Waals surface area contributed by atoms with Gasteiger partial charge in [-0.05, 0) is 5.41 Å². The molecule has 0 aromatic rings. The van der Waals surface area contributed by atoms with Crippen LogP contribution in [0.4, 0.5) is 0 Å². The Morgan fingerprint density at radius 2 is 2.07 bits per heavy atom. The Morgan fingerprint density at radius 3 is 2.47 bits per heavy atom. The van der Waals surface area contributed by atoms with Crippen molar-refractivity contribution in [1.82, 2.24) is 4.90 Å². The molecule has 1 unspecified atom stereocenters. The molecule has 0 aliphatic rings. The van der Waals surface area contributed by atoms with Crippen LogP contribution in [0, 0.1) is 5.41 Å². The molecule has 0 saturated carbocycles. The third-order valence-electron chi connectivity index (χ3n) is 2.57. The lowest BCUT2D eigenvalue weighted by Gasteiger charge is -2.32. The van der Waals surface area contributed by atoms with Crippen molar-refractivity contribution in [2.45, 2.75) is 26.8 Å². The van der Waals surface area contributed by atoms with E-state index in [1.165, 1.54) is 0 Å². The van der Waals surface area contributed by atoms with Crippen molar-refractivity contribution < 1.29 is 4.74 Å². The Kier molecular flexibility index (Phi) is 6.81. The van der Waals surface area contributed by atoms with Crippen molar-refractivity contribution in [3.63, 3.8) is 0 Å². The Hall–Kier alpha value is -0.380. The quantitative estimate of drug-likeness (QED) is 0.653. The number of ether oxygens (including phenoxy) is 1. The number of rotatable bonds is 7. The van der Waals surface area contributed by atoms with E-state index in [-0.39, 0.29) is 11.5 Å². The molecule has 0 radical (unpaired) electrons. The normalized spacial score (nSPS) is 14.3. The zero-order valence-electron chi connectivity index (χ0n) is 10.6. The molecule has 0 aliphatic heterocycles. The molecule has 15 heavy (non-hydrogen) atoms. The van der Waals surface area contributed by atoms with Gasteiger partial charge >= 0.3 is 0 Å². The van der Waals surface area contributed by atoms with Crippen LogP contribution < -0.4 is 5.73 Å². The summed E-state index contributed by atoms with van der Waals surface area (Å²) >= 11 is 0. The number of hydrogen-bond acceptors (Lipinski definition) is 3. The van der Waals surface area contributed by atoms with Gasteiger partial charge < -0.3 is 10.5 Å². The van der Waals surface area contributed by atoms with Crippen LogP contribution in [0.2, 0.25) is 0 Å². The lowest BCUT2D eigenvalue weighted by molar-refractivity contribution is 0.138. The topological polar surface area (TPSA) is 38.5 Å². The van der Waals surface area contributed by atoms with Crippen LogP contribution in [-0.4, -0.2) is 44.3 Å². The minimum atomic E-state index is 0.145. The molecule has 0 saturated heterocycles. The first-order valence-electron chi connectivity index (χ1n) is 5.49. The molecule has 0 heterocycles.